The van der Waals surface area contributed by atoms with Crippen LogP contribution in [0.25, 0.3) is 0 Å². The molecular weight excluding hydrogens is 370 g/mol. The molecule has 1 aromatic heterocycles. The molecule has 1 aromatic carbocycles. The second kappa shape index (κ2) is 9.32. The number of carbonyl (C=O) groups is 3. The summed E-state index contributed by atoms with van der Waals surface area (Å²) in [5.74, 6) is -0.436. The fourth-order valence-electron chi connectivity index (χ4n) is 3.33. The van der Waals surface area contributed by atoms with Crippen LogP contribution in [0, 0.1) is 5.92 Å². The molecule has 1 N–H and O–H groups in total. The summed E-state index contributed by atoms with van der Waals surface area (Å²) < 4.78 is 4.94. The van der Waals surface area contributed by atoms with Gasteiger partial charge in [0.1, 0.15) is 5.69 Å². The van der Waals surface area contributed by atoms with Crippen molar-refractivity contribution in [3.8, 4) is 0 Å². The Balaban J connectivity index is 1.67. The number of ether oxygens (including phenoxy) is 1. The van der Waals surface area contributed by atoms with Gasteiger partial charge in [-0.2, -0.15) is 0 Å². The van der Waals surface area contributed by atoms with Gasteiger partial charge in [-0.25, -0.2) is 4.79 Å². The third kappa shape index (κ3) is 5.19. The van der Waals surface area contributed by atoms with Crippen molar-refractivity contribution in [2.24, 2.45) is 5.92 Å². The number of piperidine rings is 1. The molecule has 1 saturated heterocycles. The molecule has 0 bridgehead atoms. The molecule has 0 saturated carbocycles. The molecule has 1 aliphatic rings. The Hall–Kier alpha value is -3.22. The molecule has 29 heavy (non-hydrogen) atoms. The van der Waals surface area contributed by atoms with E-state index in [4.69, 9.17) is 4.74 Å². The van der Waals surface area contributed by atoms with E-state index in [1.807, 2.05) is 0 Å². The van der Waals surface area contributed by atoms with E-state index in [-0.39, 0.29) is 17.5 Å². The zero-order valence-electron chi connectivity index (χ0n) is 16.7. The zero-order valence-corrected chi connectivity index (χ0v) is 16.7. The van der Waals surface area contributed by atoms with Crippen LogP contribution < -0.4 is 5.32 Å². The number of aromatic nitrogens is 1. The molecule has 0 spiro atoms. The standard InChI is InChI=1S/C22H25N3O4/c1-3-29-22(28)16-6-8-18(9-7-16)24-20(26)17-10-11-23-19(13-17)21(27)25-12-4-5-15(2)14-25/h6-11,13,15H,3-5,12,14H2,1-2H3,(H,24,26). The van der Waals surface area contributed by atoms with Crippen molar-refractivity contribution in [1.29, 1.82) is 0 Å². The van der Waals surface area contributed by atoms with Crippen molar-refractivity contribution >= 4 is 23.5 Å². The van der Waals surface area contributed by atoms with Gasteiger partial charge in [0.2, 0.25) is 0 Å². The minimum atomic E-state index is -0.408. The first-order valence-electron chi connectivity index (χ1n) is 9.81. The predicted octanol–water partition coefficient (Wildman–Crippen LogP) is 3.38. The number of carbonyl (C=O) groups excluding carboxylic acids is 3. The highest BCUT2D eigenvalue weighted by molar-refractivity contribution is 6.05. The normalized spacial score (nSPS) is 16.2. The van der Waals surface area contributed by atoms with Crippen molar-refractivity contribution in [2.45, 2.75) is 26.7 Å². The van der Waals surface area contributed by atoms with Crippen molar-refractivity contribution in [2.75, 3.05) is 25.0 Å². The Morgan fingerprint density at radius 1 is 1.17 bits per heavy atom. The van der Waals surface area contributed by atoms with E-state index >= 15 is 0 Å². The van der Waals surface area contributed by atoms with Crippen molar-refractivity contribution in [3.63, 3.8) is 0 Å². The summed E-state index contributed by atoms with van der Waals surface area (Å²) in [6.45, 7) is 5.60. The summed E-state index contributed by atoms with van der Waals surface area (Å²) in [7, 11) is 0. The molecule has 1 aliphatic heterocycles. The van der Waals surface area contributed by atoms with Crippen LogP contribution in [0.1, 0.15) is 57.9 Å². The lowest BCUT2D eigenvalue weighted by atomic mass is 10.00. The topological polar surface area (TPSA) is 88.6 Å². The lowest BCUT2D eigenvalue weighted by Gasteiger charge is -2.30. The lowest BCUT2D eigenvalue weighted by molar-refractivity contribution is 0.0526. The molecule has 152 valence electrons. The minimum absolute atomic E-state index is 0.148. The second-order valence-electron chi connectivity index (χ2n) is 7.18. The first-order valence-corrected chi connectivity index (χ1v) is 9.81. The van der Waals surface area contributed by atoms with Gasteiger partial charge in [0, 0.05) is 30.5 Å². The van der Waals surface area contributed by atoms with E-state index in [9.17, 15) is 14.4 Å². The van der Waals surface area contributed by atoms with Crippen molar-refractivity contribution in [1.82, 2.24) is 9.88 Å². The maximum atomic E-state index is 12.7. The highest BCUT2D eigenvalue weighted by atomic mass is 16.5. The average molecular weight is 395 g/mol. The second-order valence-corrected chi connectivity index (χ2v) is 7.18. The van der Waals surface area contributed by atoms with Gasteiger partial charge < -0.3 is 15.0 Å². The SMILES string of the molecule is CCOC(=O)c1ccc(NC(=O)c2ccnc(C(=O)N3CCCC(C)C3)c2)cc1. The number of pyridine rings is 1. The lowest BCUT2D eigenvalue weighted by Crippen LogP contribution is -2.39. The summed E-state index contributed by atoms with van der Waals surface area (Å²) >= 11 is 0. The number of hydrogen-bond donors (Lipinski definition) is 1. The summed E-state index contributed by atoms with van der Waals surface area (Å²) in [6.07, 6.45) is 3.57. The maximum Gasteiger partial charge on any atom is 0.338 e. The number of anilines is 1. The number of nitrogens with one attached hydrogen (secondary N) is 1. The summed E-state index contributed by atoms with van der Waals surface area (Å²) in [6, 6.07) is 9.53. The highest BCUT2D eigenvalue weighted by Gasteiger charge is 2.23. The number of esters is 1. The van der Waals surface area contributed by atoms with Gasteiger partial charge in [-0.3, -0.25) is 14.6 Å². The molecule has 2 aromatic rings. The van der Waals surface area contributed by atoms with Gasteiger partial charge in [0.15, 0.2) is 0 Å². The molecule has 1 fully saturated rings. The molecule has 7 nitrogen and oxygen atoms in total. The highest BCUT2D eigenvalue weighted by Crippen LogP contribution is 2.18. The fraction of sp³-hybridized carbons (Fsp3) is 0.364. The van der Waals surface area contributed by atoms with Crippen molar-refractivity contribution < 1.29 is 19.1 Å². The molecule has 7 heteroatoms. The molecule has 1 unspecified atom stereocenters. The summed E-state index contributed by atoms with van der Waals surface area (Å²) in [5.41, 5.74) is 1.57. The number of nitrogens with zero attached hydrogens (tertiary/aromatic N) is 2. The van der Waals surface area contributed by atoms with Crippen LogP contribution >= 0.6 is 0 Å². The minimum Gasteiger partial charge on any atom is -0.462 e. The van der Waals surface area contributed by atoms with E-state index in [0.717, 1.165) is 12.8 Å². The number of amides is 2. The molecular formula is C22H25N3O4. The van der Waals surface area contributed by atoms with Crippen LogP contribution in [0.5, 0.6) is 0 Å². The van der Waals surface area contributed by atoms with Crippen LogP contribution in [-0.2, 0) is 4.74 Å². The molecule has 2 amide bonds. The van der Waals surface area contributed by atoms with Crippen LogP contribution in [0.2, 0.25) is 0 Å². The average Bonchev–Trinajstić information content (AvgIpc) is 2.74. The number of hydrogen-bond acceptors (Lipinski definition) is 5. The predicted molar refractivity (Wildman–Crippen MR) is 109 cm³/mol. The Morgan fingerprint density at radius 2 is 1.93 bits per heavy atom. The van der Waals surface area contributed by atoms with Crippen LogP contribution in [0.3, 0.4) is 0 Å². The first-order chi connectivity index (χ1) is 14.0. The smallest absolute Gasteiger partial charge is 0.338 e. The quantitative estimate of drug-likeness (QED) is 0.784. The zero-order chi connectivity index (χ0) is 20.8. The molecule has 1 atom stereocenters. The largest absolute Gasteiger partial charge is 0.462 e. The van der Waals surface area contributed by atoms with Crippen LogP contribution in [0.15, 0.2) is 42.6 Å². The van der Waals surface area contributed by atoms with E-state index < -0.39 is 5.97 Å². The Bertz CT molecular complexity index is 895. The van der Waals surface area contributed by atoms with Gasteiger partial charge >= 0.3 is 5.97 Å². The number of rotatable bonds is 5. The summed E-state index contributed by atoms with van der Waals surface area (Å²) in [4.78, 5) is 43.0. The van der Waals surface area contributed by atoms with Gasteiger partial charge in [-0.15, -0.1) is 0 Å². The van der Waals surface area contributed by atoms with Gasteiger partial charge in [-0.1, -0.05) is 6.92 Å². The van der Waals surface area contributed by atoms with E-state index in [0.29, 0.717) is 42.4 Å². The van der Waals surface area contributed by atoms with E-state index in [1.54, 1.807) is 42.2 Å². The maximum absolute atomic E-state index is 12.7. The van der Waals surface area contributed by atoms with Gasteiger partial charge in [0.05, 0.1) is 12.2 Å². The monoisotopic (exact) mass is 395 g/mol. The van der Waals surface area contributed by atoms with Crippen LogP contribution in [-0.4, -0.2) is 47.4 Å². The van der Waals surface area contributed by atoms with E-state index in [1.165, 1.54) is 12.3 Å². The Labute approximate surface area is 170 Å². The summed E-state index contributed by atoms with van der Waals surface area (Å²) in [5, 5.41) is 2.77. The Morgan fingerprint density at radius 3 is 2.62 bits per heavy atom. The van der Waals surface area contributed by atoms with Gasteiger partial charge in [0.25, 0.3) is 11.8 Å². The molecule has 2 heterocycles. The Kier molecular flexibility index (Phi) is 6.59. The van der Waals surface area contributed by atoms with Crippen LogP contribution in [0.4, 0.5) is 5.69 Å². The van der Waals surface area contributed by atoms with E-state index in [2.05, 4.69) is 17.2 Å². The third-order valence-electron chi connectivity index (χ3n) is 4.84. The molecule has 3 rings (SSSR count). The molecule has 0 radical (unpaired) electrons. The first kappa shape index (κ1) is 20.5. The van der Waals surface area contributed by atoms with Crippen molar-refractivity contribution in [3.05, 3.63) is 59.4 Å². The number of likely N-dealkylation sites (tertiary alicyclic amines) is 1. The third-order valence-corrected chi connectivity index (χ3v) is 4.84. The van der Waals surface area contributed by atoms with Gasteiger partial charge in [-0.05, 0) is 62.1 Å². The fourth-order valence-corrected chi connectivity index (χ4v) is 3.33. The number of benzene rings is 1. The molecule has 0 aliphatic carbocycles.